The van der Waals surface area contributed by atoms with Crippen molar-refractivity contribution in [2.24, 2.45) is 0 Å². The van der Waals surface area contributed by atoms with Crippen molar-refractivity contribution in [1.82, 2.24) is 20.2 Å². The first kappa shape index (κ1) is 23.7. The summed E-state index contributed by atoms with van der Waals surface area (Å²) in [5.74, 6) is 0.836. The standard InChI is InChI=1S/C29H31N5O3/c30-16-21-14-20(3-4-27(21)37-23-7-12-36-13-8-23)25-18-33-28-24(25)15-22(17-32-28)19-5-10-34(11-6-19)29(35)26-2-1-9-31-26/h3-5,14-15,17-18,23,26,31H,1-2,6-13H2,(H,32,33). The summed E-state index contributed by atoms with van der Waals surface area (Å²) >= 11 is 0. The third-order valence-electron chi connectivity index (χ3n) is 7.65. The Kier molecular flexibility index (Phi) is 6.64. The number of nitriles is 1. The number of carbonyl (C=O) groups excluding carboxylic acids is 1. The molecule has 1 amide bonds. The van der Waals surface area contributed by atoms with Crippen LogP contribution in [0.15, 0.2) is 42.7 Å². The van der Waals surface area contributed by atoms with Gasteiger partial charge in [0.1, 0.15) is 23.6 Å². The Bertz CT molecular complexity index is 1380. The van der Waals surface area contributed by atoms with Crippen molar-refractivity contribution in [3.8, 4) is 22.9 Å². The van der Waals surface area contributed by atoms with Gasteiger partial charge in [0.05, 0.1) is 24.8 Å². The maximum atomic E-state index is 12.8. The van der Waals surface area contributed by atoms with Crippen LogP contribution in [-0.2, 0) is 9.53 Å². The number of amides is 1. The van der Waals surface area contributed by atoms with Crippen molar-refractivity contribution in [3.05, 3.63) is 53.9 Å². The Labute approximate surface area is 216 Å². The van der Waals surface area contributed by atoms with Gasteiger partial charge in [-0.25, -0.2) is 4.98 Å². The zero-order chi connectivity index (χ0) is 25.2. The van der Waals surface area contributed by atoms with Crippen molar-refractivity contribution in [3.63, 3.8) is 0 Å². The summed E-state index contributed by atoms with van der Waals surface area (Å²) in [6.07, 6.45) is 10.6. The Morgan fingerprint density at radius 1 is 1.19 bits per heavy atom. The number of aromatic nitrogens is 2. The van der Waals surface area contributed by atoms with Gasteiger partial charge in [0.25, 0.3) is 0 Å². The zero-order valence-electron chi connectivity index (χ0n) is 20.8. The molecule has 8 heteroatoms. The molecule has 1 aromatic carbocycles. The summed E-state index contributed by atoms with van der Waals surface area (Å²) in [4.78, 5) is 22.6. The maximum absolute atomic E-state index is 12.8. The fourth-order valence-electron chi connectivity index (χ4n) is 5.53. The second-order valence-electron chi connectivity index (χ2n) is 9.99. The quantitative estimate of drug-likeness (QED) is 0.552. The van der Waals surface area contributed by atoms with Gasteiger partial charge in [0.15, 0.2) is 0 Å². The highest BCUT2D eigenvalue weighted by Crippen LogP contribution is 2.34. The van der Waals surface area contributed by atoms with Gasteiger partial charge < -0.3 is 24.7 Å². The molecule has 0 spiro atoms. The molecule has 190 valence electrons. The van der Waals surface area contributed by atoms with Gasteiger partial charge in [-0.05, 0) is 60.7 Å². The van der Waals surface area contributed by atoms with Crippen molar-refractivity contribution >= 4 is 22.5 Å². The number of H-pyrrole nitrogens is 1. The molecule has 2 fully saturated rings. The van der Waals surface area contributed by atoms with Crippen molar-refractivity contribution < 1.29 is 14.3 Å². The molecule has 1 atom stereocenters. The molecule has 0 radical (unpaired) electrons. The number of rotatable bonds is 5. The molecule has 1 unspecified atom stereocenters. The minimum atomic E-state index is -0.0258. The largest absolute Gasteiger partial charge is 0.489 e. The number of nitrogens with one attached hydrogen (secondary N) is 2. The van der Waals surface area contributed by atoms with Gasteiger partial charge in [-0.2, -0.15) is 5.26 Å². The number of pyridine rings is 1. The molecule has 2 aromatic heterocycles. The summed E-state index contributed by atoms with van der Waals surface area (Å²) in [7, 11) is 0. The van der Waals surface area contributed by atoms with Gasteiger partial charge in [-0.3, -0.25) is 4.79 Å². The summed E-state index contributed by atoms with van der Waals surface area (Å²) in [5, 5.41) is 14.1. The van der Waals surface area contributed by atoms with Crippen molar-refractivity contribution in [1.29, 1.82) is 5.26 Å². The number of ether oxygens (including phenoxy) is 2. The van der Waals surface area contributed by atoms with E-state index < -0.39 is 0 Å². The number of nitrogens with zero attached hydrogens (tertiary/aromatic N) is 3. The molecule has 0 aliphatic carbocycles. The van der Waals surface area contributed by atoms with E-state index in [2.05, 4.69) is 33.5 Å². The minimum Gasteiger partial charge on any atom is -0.489 e. The topological polar surface area (TPSA) is 103 Å². The Balaban J connectivity index is 1.23. The number of hydrogen-bond acceptors (Lipinski definition) is 6. The molecule has 0 saturated carbocycles. The SMILES string of the molecule is N#Cc1cc(-c2c[nH]c3ncc(C4=CCN(C(=O)C5CCCN5)CC4)cc23)ccc1OC1CCOCC1. The van der Waals surface area contributed by atoms with Crippen molar-refractivity contribution in [2.75, 3.05) is 32.8 Å². The predicted molar refractivity (Wildman–Crippen MR) is 141 cm³/mol. The number of hydrogen-bond donors (Lipinski definition) is 2. The Morgan fingerprint density at radius 2 is 2.08 bits per heavy atom. The minimum absolute atomic E-state index is 0.0258. The maximum Gasteiger partial charge on any atom is 0.239 e. The highest BCUT2D eigenvalue weighted by atomic mass is 16.5. The van der Waals surface area contributed by atoms with E-state index in [0.717, 1.165) is 72.9 Å². The summed E-state index contributed by atoms with van der Waals surface area (Å²) in [6, 6.07) is 10.2. The Hall–Kier alpha value is -3.67. The van der Waals surface area contributed by atoms with Crippen LogP contribution >= 0.6 is 0 Å². The molecular formula is C29H31N5O3. The highest BCUT2D eigenvalue weighted by molar-refractivity contribution is 5.95. The first-order valence-corrected chi connectivity index (χ1v) is 13.2. The lowest BCUT2D eigenvalue weighted by atomic mass is 9.97. The normalized spacial score (nSPS) is 20.6. The fraction of sp³-hybridized carbons (Fsp3) is 0.414. The van der Waals surface area contributed by atoms with E-state index in [1.807, 2.05) is 35.5 Å². The van der Waals surface area contributed by atoms with Crippen LogP contribution in [0.25, 0.3) is 27.7 Å². The molecule has 8 nitrogen and oxygen atoms in total. The molecule has 3 aliphatic heterocycles. The molecule has 3 aliphatic rings. The third-order valence-corrected chi connectivity index (χ3v) is 7.65. The third kappa shape index (κ3) is 4.85. The van der Waals surface area contributed by atoms with Crippen LogP contribution in [0.1, 0.15) is 43.2 Å². The van der Waals surface area contributed by atoms with Crippen LogP contribution in [0, 0.1) is 11.3 Å². The van der Waals surface area contributed by atoms with Crippen LogP contribution in [0.4, 0.5) is 0 Å². The smallest absolute Gasteiger partial charge is 0.239 e. The van der Waals surface area contributed by atoms with Crippen LogP contribution in [-0.4, -0.2) is 65.8 Å². The summed E-state index contributed by atoms with van der Waals surface area (Å²) < 4.78 is 11.5. The molecular weight excluding hydrogens is 466 g/mol. The van der Waals surface area contributed by atoms with Gasteiger partial charge in [-0.15, -0.1) is 0 Å². The average Bonchev–Trinajstić information content (AvgIpc) is 3.64. The molecule has 2 saturated heterocycles. The number of fused-ring (bicyclic) bond motifs is 1. The van der Waals surface area contributed by atoms with Crippen LogP contribution in [0.2, 0.25) is 0 Å². The second-order valence-corrected chi connectivity index (χ2v) is 9.99. The van der Waals surface area contributed by atoms with Crippen LogP contribution in [0.5, 0.6) is 5.75 Å². The van der Waals surface area contributed by atoms with E-state index in [4.69, 9.17) is 9.47 Å². The van der Waals surface area contributed by atoms with Crippen LogP contribution < -0.4 is 10.1 Å². The van der Waals surface area contributed by atoms with Crippen molar-refractivity contribution in [2.45, 2.75) is 44.2 Å². The molecule has 6 rings (SSSR count). The van der Waals surface area contributed by atoms with E-state index in [-0.39, 0.29) is 18.1 Å². The van der Waals surface area contributed by atoms with Crippen LogP contribution in [0.3, 0.4) is 0 Å². The molecule has 5 heterocycles. The Morgan fingerprint density at radius 3 is 2.84 bits per heavy atom. The molecule has 0 bridgehead atoms. The lowest BCUT2D eigenvalue weighted by Crippen LogP contribution is -2.45. The monoisotopic (exact) mass is 497 g/mol. The molecule has 2 N–H and O–H groups in total. The van der Waals surface area contributed by atoms with Gasteiger partial charge in [-0.1, -0.05) is 12.1 Å². The lowest BCUT2D eigenvalue weighted by Gasteiger charge is -2.29. The van der Waals surface area contributed by atoms with Gasteiger partial charge >= 0.3 is 0 Å². The first-order chi connectivity index (χ1) is 18.2. The predicted octanol–water partition coefficient (Wildman–Crippen LogP) is 4.03. The van der Waals surface area contributed by atoms with Gasteiger partial charge in [0, 0.05) is 49.3 Å². The summed E-state index contributed by atoms with van der Waals surface area (Å²) in [5.41, 5.74) is 5.56. The summed E-state index contributed by atoms with van der Waals surface area (Å²) in [6.45, 7) is 3.67. The fourth-order valence-corrected chi connectivity index (χ4v) is 5.53. The van der Waals surface area contributed by atoms with E-state index in [0.29, 0.717) is 31.1 Å². The zero-order valence-corrected chi connectivity index (χ0v) is 20.8. The van der Waals surface area contributed by atoms with Gasteiger partial charge in [0.2, 0.25) is 5.91 Å². The number of carbonyl (C=O) groups is 1. The lowest BCUT2D eigenvalue weighted by molar-refractivity contribution is -0.132. The second kappa shape index (κ2) is 10.4. The molecule has 3 aromatic rings. The van der Waals surface area contributed by atoms with E-state index in [1.54, 1.807) is 0 Å². The first-order valence-electron chi connectivity index (χ1n) is 13.2. The average molecular weight is 498 g/mol. The van der Waals surface area contributed by atoms with E-state index >= 15 is 0 Å². The number of benzene rings is 1. The van der Waals surface area contributed by atoms with E-state index in [9.17, 15) is 10.1 Å². The van der Waals surface area contributed by atoms with E-state index in [1.165, 1.54) is 5.57 Å². The molecule has 37 heavy (non-hydrogen) atoms. The highest BCUT2D eigenvalue weighted by Gasteiger charge is 2.28. The number of aromatic amines is 1.